The number of piperidine rings is 1. The summed E-state index contributed by atoms with van der Waals surface area (Å²) in [5, 5.41) is 10.6. The van der Waals surface area contributed by atoms with Crippen LogP contribution in [0.5, 0.6) is 0 Å². The summed E-state index contributed by atoms with van der Waals surface area (Å²) in [4.78, 5) is 14.7. The molecule has 1 heterocycles. The van der Waals surface area contributed by atoms with E-state index >= 15 is 0 Å². The summed E-state index contributed by atoms with van der Waals surface area (Å²) in [5.74, 6) is -0.0313. The van der Waals surface area contributed by atoms with Gasteiger partial charge in [-0.1, -0.05) is 54.1 Å². The summed E-state index contributed by atoms with van der Waals surface area (Å²) in [6.45, 7) is 1.45. The average molecular weight is 372 g/mol. The predicted octanol–water partition coefficient (Wildman–Crippen LogP) is 4.58. The fourth-order valence-electron chi connectivity index (χ4n) is 3.91. The average Bonchev–Trinajstić information content (AvgIpc) is 2.69. The molecule has 1 saturated heterocycles. The van der Waals surface area contributed by atoms with Crippen LogP contribution < -0.4 is 0 Å². The van der Waals surface area contributed by atoms with Gasteiger partial charge in [-0.2, -0.15) is 0 Å². The van der Waals surface area contributed by atoms with Crippen molar-refractivity contribution >= 4 is 17.5 Å². The van der Waals surface area contributed by atoms with Crippen molar-refractivity contribution < 1.29 is 9.90 Å². The van der Waals surface area contributed by atoms with E-state index in [1.807, 2.05) is 23.1 Å². The van der Waals surface area contributed by atoms with Crippen LogP contribution in [0, 0.1) is 5.41 Å². The highest BCUT2D eigenvalue weighted by Gasteiger charge is 2.36. The normalized spacial score (nSPS) is 20.2. The van der Waals surface area contributed by atoms with Crippen LogP contribution in [0.4, 0.5) is 0 Å². The second kappa shape index (κ2) is 8.70. The third kappa shape index (κ3) is 4.46. The number of hydrogen-bond acceptors (Lipinski definition) is 2. The van der Waals surface area contributed by atoms with Crippen LogP contribution in [0.2, 0.25) is 5.02 Å². The molecule has 26 heavy (non-hydrogen) atoms. The standard InChI is InChI=1S/C22H26ClNO2/c23-20-12-5-4-11-19(20)21(26)24-15-7-14-22(16-24,17-25)13-6-10-18-8-2-1-3-9-18/h1-5,8-9,11-12,25H,6-7,10,13-17H2/t22-/m1/s1. The van der Waals surface area contributed by atoms with Crippen molar-refractivity contribution in [3.05, 3.63) is 70.7 Å². The van der Waals surface area contributed by atoms with Crippen molar-refractivity contribution in [3.8, 4) is 0 Å². The molecule has 0 aliphatic carbocycles. The van der Waals surface area contributed by atoms with Crippen molar-refractivity contribution in [2.24, 2.45) is 5.41 Å². The van der Waals surface area contributed by atoms with Gasteiger partial charge >= 0.3 is 0 Å². The number of nitrogens with zero attached hydrogens (tertiary/aromatic N) is 1. The van der Waals surface area contributed by atoms with Gasteiger partial charge in [0.15, 0.2) is 0 Å². The molecule has 2 aromatic carbocycles. The summed E-state index contributed by atoms with van der Waals surface area (Å²) in [7, 11) is 0. The third-order valence-electron chi connectivity index (χ3n) is 5.40. The maximum atomic E-state index is 12.9. The zero-order valence-corrected chi connectivity index (χ0v) is 15.8. The first kappa shape index (κ1) is 18.9. The van der Waals surface area contributed by atoms with Crippen LogP contribution in [0.25, 0.3) is 0 Å². The molecular weight excluding hydrogens is 346 g/mol. The number of carbonyl (C=O) groups excluding carboxylic acids is 1. The number of likely N-dealkylation sites (tertiary alicyclic amines) is 1. The van der Waals surface area contributed by atoms with Crippen LogP contribution in [0.3, 0.4) is 0 Å². The number of rotatable bonds is 6. The van der Waals surface area contributed by atoms with Gasteiger partial charge in [-0.15, -0.1) is 0 Å². The molecule has 1 atom stereocenters. The molecule has 1 aliphatic heterocycles. The molecule has 138 valence electrons. The Morgan fingerprint density at radius 1 is 1.12 bits per heavy atom. The molecular formula is C22H26ClNO2. The number of hydrogen-bond donors (Lipinski definition) is 1. The highest BCUT2D eigenvalue weighted by atomic mass is 35.5. The van der Waals surface area contributed by atoms with E-state index in [2.05, 4.69) is 24.3 Å². The molecule has 0 aromatic heterocycles. The van der Waals surface area contributed by atoms with E-state index in [4.69, 9.17) is 11.6 Å². The second-order valence-corrected chi connectivity index (χ2v) is 7.71. The van der Waals surface area contributed by atoms with Gasteiger partial charge in [-0.25, -0.2) is 0 Å². The smallest absolute Gasteiger partial charge is 0.255 e. The van der Waals surface area contributed by atoms with Gasteiger partial charge in [-0.3, -0.25) is 4.79 Å². The second-order valence-electron chi connectivity index (χ2n) is 7.31. The molecule has 3 rings (SSSR count). The van der Waals surface area contributed by atoms with Crippen LogP contribution in [-0.4, -0.2) is 35.6 Å². The highest BCUT2D eigenvalue weighted by Crippen LogP contribution is 2.35. The van der Waals surface area contributed by atoms with Gasteiger partial charge < -0.3 is 10.0 Å². The lowest BCUT2D eigenvalue weighted by Crippen LogP contribution is -2.48. The Bertz CT molecular complexity index is 734. The van der Waals surface area contributed by atoms with Gasteiger partial charge in [0.25, 0.3) is 5.91 Å². The van der Waals surface area contributed by atoms with Crippen molar-refractivity contribution in [3.63, 3.8) is 0 Å². The zero-order valence-electron chi connectivity index (χ0n) is 15.0. The number of benzene rings is 2. The van der Waals surface area contributed by atoms with E-state index in [1.54, 1.807) is 12.1 Å². The Kier molecular flexibility index (Phi) is 6.33. The van der Waals surface area contributed by atoms with E-state index in [0.717, 1.165) is 38.6 Å². The molecule has 1 amide bonds. The summed E-state index contributed by atoms with van der Waals surface area (Å²) in [6, 6.07) is 17.6. The van der Waals surface area contributed by atoms with Crippen LogP contribution in [0.15, 0.2) is 54.6 Å². The van der Waals surface area contributed by atoms with Gasteiger partial charge in [0.1, 0.15) is 0 Å². The molecule has 3 nitrogen and oxygen atoms in total. The molecule has 2 aromatic rings. The van der Waals surface area contributed by atoms with Crippen molar-refractivity contribution in [2.75, 3.05) is 19.7 Å². The number of aliphatic hydroxyl groups excluding tert-OH is 1. The Morgan fingerprint density at radius 3 is 2.58 bits per heavy atom. The molecule has 0 spiro atoms. The molecule has 4 heteroatoms. The summed E-state index contributed by atoms with van der Waals surface area (Å²) < 4.78 is 0. The summed E-state index contributed by atoms with van der Waals surface area (Å²) >= 11 is 6.20. The van der Waals surface area contributed by atoms with Crippen molar-refractivity contribution in [1.82, 2.24) is 4.90 Å². The Hall–Kier alpha value is -1.84. The van der Waals surface area contributed by atoms with Gasteiger partial charge in [0.2, 0.25) is 0 Å². The number of halogens is 1. The largest absolute Gasteiger partial charge is 0.396 e. The lowest BCUT2D eigenvalue weighted by atomic mass is 9.76. The summed E-state index contributed by atoms with van der Waals surface area (Å²) in [5.41, 5.74) is 1.66. The van der Waals surface area contributed by atoms with Crippen molar-refractivity contribution in [2.45, 2.75) is 32.1 Å². The minimum Gasteiger partial charge on any atom is -0.396 e. The van der Waals surface area contributed by atoms with E-state index in [0.29, 0.717) is 17.1 Å². The maximum Gasteiger partial charge on any atom is 0.255 e. The Balaban J connectivity index is 1.64. The van der Waals surface area contributed by atoms with E-state index in [9.17, 15) is 9.90 Å². The van der Waals surface area contributed by atoms with Gasteiger partial charge in [0, 0.05) is 18.5 Å². The maximum absolute atomic E-state index is 12.9. The third-order valence-corrected chi connectivity index (χ3v) is 5.73. The molecule has 0 radical (unpaired) electrons. The number of amides is 1. The van der Waals surface area contributed by atoms with Gasteiger partial charge in [-0.05, 0) is 49.8 Å². The van der Waals surface area contributed by atoms with E-state index in [-0.39, 0.29) is 17.9 Å². The molecule has 1 aliphatic rings. The molecule has 0 bridgehead atoms. The van der Waals surface area contributed by atoms with Crippen LogP contribution in [-0.2, 0) is 6.42 Å². The topological polar surface area (TPSA) is 40.5 Å². The highest BCUT2D eigenvalue weighted by molar-refractivity contribution is 6.33. The molecule has 1 fully saturated rings. The van der Waals surface area contributed by atoms with E-state index < -0.39 is 0 Å². The molecule has 1 N–H and O–H groups in total. The first-order valence-corrected chi connectivity index (χ1v) is 9.70. The number of aryl methyl sites for hydroxylation is 1. The Morgan fingerprint density at radius 2 is 1.85 bits per heavy atom. The van der Waals surface area contributed by atoms with Crippen LogP contribution in [0.1, 0.15) is 41.6 Å². The monoisotopic (exact) mass is 371 g/mol. The fraction of sp³-hybridized carbons (Fsp3) is 0.409. The summed E-state index contributed by atoms with van der Waals surface area (Å²) in [6.07, 6.45) is 4.82. The van der Waals surface area contributed by atoms with Crippen LogP contribution >= 0.6 is 11.6 Å². The predicted molar refractivity (Wildman–Crippen MR) is 105 cm³/mol. The molecule has 0 unspecified atom stereocenters. The van der Waals surface area contributed by atoms with Crippen molar-refractivity contribution in [1.29, 1.82) is 0 Å². The number of aliphatic hydroxyl groups is 1. The first-order chi connectivity index (χ1) is 12.6. The lowest BCUT2D eigenvalue weighted by molar-refractivity contribution is 0.0216. The zero-order chi connectivity index (χ0) is 18.4. The molecule has 0 saturated carbocycles. The lowest BCUT2D eigenvalue weighted by Gasteiger charge is -2.42. The first-order valence-electron chi connectivity index (χ1n) is 9.32. The minimum atomic E-state index is -0.204. The van der Waals surface area contributed by atoms with Gasteiger partial charge in [0.05, 0.1) is 17.2 Å². The van der Waals surface area contributed by atoms with E-state index in [1.165, 1.54) is 5.56 Å². The number of carbonyl (C=O) groups is 1. The quantitative estimate of drug-likeness (QED) is 0.807. The Labute approximate surface area is 160 Å². The fourth-order valence-corrected chi connectivity index (χ4v) is 4.13. The SMILES string of the molecule is O=C(c1ccccc1Cl)N1CCC[C@](CO)(CCCc2ccccc2)C1. The minimum absolute atomic E-state index is 0.0313.